The zero-order chi connectivity index (χ0) is 26.4. The molecule has 2 aliphatic heterocycles. The lowest BCUT2D eigenvalue weighted by Crippen LogP contribution is -2.43. The Morgan fingerprint density at radius 1 is 1.08 bits per heavy atom. The van der Waals surface area contributed by atoms with E-state index in [4.69, 9.17) is 14.2 Å². The van der Waals surface area contributed by atoms with E-state index in [0.717, 1.165) is 22.2 Å². The number of hydrogen-bond donors (Lipinski definition) is 1. The lowest BCUT2D eigenvalue weighted by atomic mass is 10.2. The predicted octanol–water partition coefficient (Wildman–Crippen LogP) is 2.92. The van der Waals surface area contributed by atoms with Crippen LogP contribution in [0.1, 0.15) is 11.1 Å². The third kappa shape index (κ3) is 6.69. The van der Waals surface area contributed by atoms with Gasteiger partial charge in [-0.05, 0) is 54.6 Å². The second-order valence-corrected chi connectivity index (χ2v) is 9.37. The molecule has 0 aromatic heterocycles. The molecule has 2 aromatic rings. The molecule has 2 fully saturated rings. The largest absolute Gasteiger partial charge is 0.493 e. The van der Waals surface area contributed by atoms with Crippen LogP contribution in [0.5, 0.6) is 11.5 Å². The van der Waals surface area contributed by atoms with Crippen LogP contribution in [-0.2, 0) is 19.1 Å². The third-order valence-electron chi connectivity index (χ3n) is 5.71. The highest BCUT2D eigenvalue weighted by Gasteiger charge is 2.36. The summed E-state index contributed by atoms with van der Waals surface area (Å²) in [6.07, 6.45) is 1.55. The number of hydrogen-bond acceptors (Lipinski definition) is 8. The van der Waals surface area contributed by atoms with Gasteiger partial charge in [-0.15, -0.1) is 0 Å². The van der Waals surface area contributed by atoms with Crippen LogP contribution in [-0.4, -0.2) is 79.3 Å². The number of methoxy groups -OCH3 is 1. The molecule has 10 nitrogen and oxygen atoms in total. The van der Waals surface area contributed by atoms with Crippen LogP contribution >= 0.6 is 11.8 Å². The first kappa shape index (κ1) is 26.2. The fourth-order valence-corrected chi connectivity index (χ4v) is 4.54. The van der Waals surface area contributed by atoms with E-state index in [1.165, 1.54) is 7.11 Å². The number of nitrogens with zero attached hydrogens (tertiary/aromatic N) is 2. The highest BCUT2D eigenvalue weighted by atomic mass is 32.2. The molecule has 0 atom stereocenters. The van der Waals surface area contributed by atoms with Gasteiger partial charge in [-0.3, -0.25) is 24.1 Å². The van der Waals surface area contributed by atoms with Crippen molar-refractivity contribution in [3.05, 3.63) is 58.5 Å². The number of benzene rings is 2. The summed E-state index contributed by atoms with van der Waals surface area (Å²) in [6.45, 7) is 3.48. The number of ether oxygens (including phenoxy) is 3. The Morgan fingerprint density at radius 2 is 1.81 bits per heavy atom. The molecule has 0 saturated carbocycles. The Labute approximate surface area is 218 Å². The molecule has 0 radical (unpaired) electrons. The van der Waals surface area contributed by atoms with Crippen molar-refractivity contribution in [2.45, 2.75) is 6.92 Å². The Bertz CT molecular complexity index is 1220. The Kier molecular flexibility index (Phi) is 8.47. The number of imide groups is 1. The van der Waals surface area contributed by atoms with Gasteiger partial charge in [0.15, 0.2) is 18.1 Å². The molecule has 2 heterocycles. The summed E-state index contributed by atoms with van der Waals surface area (Å²) in [4.78, 5) is 52.8. The summed E-state index contributed by atoms with van der Waals surface area (Å²) >= 11 is 0.761. The molecule has 0 aliphatic carbocycles. The molecular formula is C26H27N3O7S. The minimum absolute atomic E-state index is 0.140. The topological polar surface area (TPSA) is 114 Å². The van der Waals surface area contributed by atoms with Crippen molar-refractivity contribution in [1.82, 2.24) is 9.80 Å². The summed E-state index contributed by atoms with van der Waals surface area (Å²) in [6, 6.07) is 12.2. The summed E-state index contributed by atoms with van der Waals surface area (Å²) in [5.74, 6) is -0.413. The number of morpholine rings is 1. The molecule has 37 heavy (non-hydrogen) atoms. The standard InChI is InChI=1S/C26H27N3O7S/c1-17-3-6-19(7-4-17)27-23(30)15-29-25(32)22(37-26(29)33)14-18-5-8-20(21(13-18)34-2)36-16-24(31)28-9-11-35-12-10-28/h3-8,13-14H,9-12,15-16H2,1-2H3,(H,27,30)/b22-14-. The highest BCUT2D eigenvalue weighted by Crippen LogP contribution is 2.34. The van der Waals surface area contributed by atoms with Gasteiger partial charge in [0.1, 0.15) is 6.54 Å². The molecule has 4 rings (SSSR count). The number of aryl methyl sites for hydroxylation is 1. The zero-order valence-electron chi connectivity index (χ0n) is 20.5. The fourth-order valence-electron chi connectivity index (χ4n) is 3.71. The number of rotatable bonds is 8. The van der Waals surface area contributed by atoms with Crippen LogP contribution in [0, 0.1) is 6.92 Å². The molecule has 11 heteroatoms. The van der Waals surface area contributed by atoms with E-state index in [0.29, 0.717) is 49.1 Å². The molecular weight excluding hydrogens is 498 g/mol. The van der Waals surface area contributed by atoms with Gasteiger partial charge >= 0.3 is 0 Å². The van der Waals surface area contributed by atoms with Crippen molar-refractivity contribution in [3.8, 4) is 11.5 Å². The van der Waals surface area contributed by atoms with Gasteiger partial charge in [-0.2, -0.15) is 0 Å². The van der Waals surface area contributed by atoms with E-state index in [-0.39, 0.29) is 24.0 Å². The molecule has 2 aliphatic rings. The maximum Gasteiger partial charge on any atom is 0.294 e. The van der Waals surface area contributed by atoms with Gasteiger partial charge in [0.25, 0.3) is 17.1 Å². The Balaban J connectivity index is 1.38. The van der Waals surface area contributed by atoms with Crippen LogP contribution in [0.3, 0.4) is 0 Å². The van der Waals surface area contributed by atoms with Crippen LogP contribution in [0.4, 0.5) is 10.5 Å². The van der Waals surface area contributed by atoms with E-state index >= 15 is 0 Å². The third-order valence-corrected chi connectivity index (χ3v) is 6.62. The average molecular weight is 526 g/mol. The lowest BCUT2D eigenvalue weighted by molar-refractivity contribution is -0.137. The minimum Gasteiger partial charge on any atom is -0.493 e. The normalized spacial score (nSPS) is 16.8. The molecule has 0 bridgehead atoms. The lowest BCUT2D eigenvalue weighted by Gasteiger charge is -2.26. The molecule has 1 N–H and O–H groups in total. The quantitative estimate of drug-likeness (QED) is 0.524. The predicted molar refractivity (Wildman–Crippen MR) is 138 cm³/mol. The highest BCUT2D eigenvalue weighted by molar-refractivity contribution is 8.18. The summed E-state index contributed by atoms with van der Waals surface area (Å²) in [5.41, 5.74) is 2.23. The molecule has 0 unspecified atom stereocenters. The smallest absolute Gasteiger partial charge is 0.294 e. The van der Waals surface area contributed by atoms with E-state index in [1.807, 2.05) is 19.1 Å². The van der Waals surface area contributed by atoms with Crippen molar-refractivity contribution in [1.29, 1.82) is 0 Å². The maximum absolute atomic E-state index is 12.8. The fraction of sp³-hybridized carbons (Fsp3) is 0.308. The van der Waals surface area contributed by atoms with E-state index < -0.39 is 17.1 Å². The summed E-state index contributed by atoms with van der Waals surface area (Å²) in [5, 5.41) is 2.16. The van der Waals surface area contributed by atoms with Crippen molar-refractivity contribution >= 4 is 46.5 Å². The zero-order valence-corrected chi connectivity index (χ0v) is 21.3. The second-order valence-electron chi connectivity index (χ2n) is 8.37. The van der Waals surface area contributed by atoms with E-state index in [2.05, 4.69) is 5.32 Å². The van der Waals surface area contributed by atoms with E-state index in [1.54, 1.807) is 41.3 Å². The van der Waals surface area contributed by atoms with Crippen molar-refractivity contribution in [3.63, 3.8) is 0 Å². The van der Waals surface area contributed by atoms with Crippen LogP contribution in [0.2, 0.25) is 0 Å². The SMILES string of the molecule is COc1cc(/C=C2\SC(=O)N(CC(=O)Nc3ccc(C)cc3)C2=O)ccc1OCC(=O)N1CCOCC1. The molecule has 2 saturated heterocycles. The number of carbonyl (C=O) groups excluding carboxylic acids is 4. The average Bonchev–Trinajstić information content (AvgIpc) is 3.16. The molecule has 4 amide bonds. The first-order valence-electron chi connectivity index (χ1n) is 11.6. The van der Waals surface area contributed by atoms with Crippen LogP contribution in [0.25, 0.3) is 6.08 Å². The first-order valence-corrected chi connectivity index (χ1v) is 12.4. The Morgan fingerprint density at radius 3 is 2.51 bits per heavy atom. The molecule has 2 aromatic carbocycles. The summed E-state index contributed by atoms with van der Waals surface area (Å²) in [7, 11) is 1.47. The van der Waals surface area contributed by atoms with E-state index in [9.17, 15) is 19.2 Å². The Hall–Kier alpha value is -3.83. The summed E-state index contributed by atoms with van der Waals surface area (Å²) < 4.78 is 16.3. The number of thioether (sulfide) groups is 1. The van der Waals surface area contributed by atoms with Gasteiger partial charge in [0.05, 0.1) is 25.2 Å². The first-order chi connectivity index (χ1) is 17.8. The van der Waals surface area contributed by atoms with Gasteiger partial charge in [0.2, 0.25) is 5.91 Å². The minimum atomic E-state index is -0.551. The van der Waals surface area contributed by atoms with Gasteiger partial charge in [-0.1, -0.05) is 23.8 Å². The second kappa shape index (κ2) is 11.9. The van der Waals surface area contributed by atoms with Gasteiger partial charge in [-0.25, -0.2) is 0 Å². The maximum atomic E-state index is 12.8. The van der Waals surface area contributed by atoms with Gasteiger partial charge in [0, 0.05) is 18.8 Å². The molecule has 0 spiro atoms. The monoisotopic (exact) mass is 525 g/mol. The van der Waals surface area contributed by atoms with Crippen molar-refractivity contribution < 1.29 is 33.4 Å². The number of nitrogens with one attached hydrogen (secondary N) is 1. The van der Waals surface area contributed by atoms with Crippen LogP contribution < -0.4 is 14.8 Å². The number of carbonyl (C=O) groups is 4. The number of amides is 4. The molecule has 194 valence electrons. The van der Waals surface area contributed by atoms with Gasteiger partial charge < -0.3 is 24.4 Å². The van der Waals surface area contributed by atoms with Crippen molar-refractivity contribution in [2.75, 3.05) is 51.9 Å². The number of anilines is 1. The van der Waals surface area contributed by atoms with Crippen molar-refractivity contribution in [2.24, 2.45) is 0 Å². The van der Waals surface area contributed by atoms with Crippen LogP contribution in [0.15, 0.2) is 47.4 Å².